The van der Waals surface area contributed by atoms with Crippen LogP contribution in [-0.4, -0.2) is 52.1 Å². The number of ether oxygens (including phenoxy) is 1. The molecule has 0 unspecified atom stereocenters. The van der Waals surface area contributed by atoms with Crippen molar-refractivity contribution in [3.8, 4) is 0 Å². The van der Waals surface area contributed by atoms with E-state index in [4.69, 9.17) is 4.74 Å². The second-order valence-electron chi connectivity index (χ2n) is 5.34. The summed E-state index contributed by atoms with van der Waals surface area (Å²) >= 11 is 0. The van der Waals surface area contributed by atoms with Gasteiger partial charge in [-0.05, 0) is 38.1 Å². The van der Waals surface area contributed by atoms with E-state index in [1.165, 1.54) is 19.2 Å². The Balaban J connectivity index is 2.31. The number of nitrogens with one attached hydrogen (secondary N) is 1. The molecule has 0 bridgehead atoms. The first-order valence-corrected chi connectivity index (χ1v) is 8.82. The number of benzene rings is 1. The van der Waals surface area contributed by atoms with Crippen molar-refractivity contribution in [2.24, 2.45) is 0 Å². The zero-order valence-corrected chi connectivity index (χ0v) is 13.9. The molecule has 22 heavy (non-hydrogen) atoms. The minimum absolute atomic E-state index is 0.0437. The quantitative estimate of drug-likeness (QED) is 0.901. The topological polar surface area (TPSA) is 75.7 Å². The van der Waals surface area contributed by atoms with E-state index in [0.29, 0.717) is 25.3 Å². The zero-order valence-electron chi connectivity index (χ0n) is 13.1. The highest BCUT2D eigenvalue weighted by atomic mass is 32.2. The minimum atomic E-state index is -3.56. The van der Waals surface area contributed by atoms with Crippen molar-refractivity contribution in [3.05, 3.63) is 29.3 Å². The van der Waals surface area contributed by atoms with Gasteiger partial charge in [-0.25, -0.2) is 13.1 Å². The maximum atomic E-state index is 12.7. The lowest BCUT2D eigenvalue weighted by molar-refractivity contribution is -0.0226. The molecule has 122 valence electrons. The predicted octanol–water partition coefficient (Wildman–Crippen LogP) is 1.15. The molecule has 0 aromatic heterocycles. The van der Waals surface area contributed by atoms with Gasteiger partial charge < -0.3 is 9.64 Å². The highest BCUT2D eigenvalue weighted by molar-refractivity contribution is 7.89. The minimum Gasteiger partial charge on any atom is -0.375 e. The van der Waals surface area contributed by atoms with E-state index < -0.39 is 10.0 Å². The SMILES string of the molecule is CC[C@H]1CN(C(=O)c2cc(S(=O)(=O)NC)ccc2C)CCO1. The first kappa shape index (κ1) is 16.9. The molecule has 1 heterocycles. The molecule has 6 nitrogen and oxygen atoms in total. The first-order chi connectivity index (χ1) is 10.4. The third kappa shape index (κ3) is 3.48. The summed E-state index contributed by atoms with van der Waals surface area (Å²) in [5.41, 5.74) is 1.19. The molecule has 1 aliphatic rings. The second kappa shape index (κ2) is 6.76. The standard InChI is InChI=1S/C15H22N2O4S/c1-4-12-10-17(7-8-21-12)15(18)14-9-13(6-5-11(14)2)22(19,20)16-3/h5-6,9,12,16H,4,7-8,10H2,1-3H3/t12-/m0/s1. The lowest BCUT2D eigenvalue weighted by Crippen LogP contribution is -2.45. The van der Waals surface area contributed by atoms with Crippen LogP contribution in [0.2, 0.25) is 0 Å². The van der Waals surface area contributed by atoms with Gasteiger partial charge in [-0.15, -0.1) is 0 Å². The van der Waals surface area contributed by atoms with Crippen molar-refractivity contribution >= 4 is 15.9 Å². The van der Waals surface area contributed by atoms with Crippen LogP contribution in [0.15, 0.2) is 23.1 Å². The fourth-order valence-corrected chi connectivity index (χ4v) is 3.19. The van der Waals surface area contributed by atoms with Gasteiger partial charge in [-0.1, -0.05) is 13.0 Å². The van der Waals surface area contributed by atoms with Gasteiger partial charge in [0, 0.05) is 18.7 Å². The Hall–Kier alpha value is -1.44. The fraction of sp³-hybridized carbons (Fsp3) is 0.533. The summed E-state index contributed by atoms with van der Waals surface area (Å²) in [5, 5.41) is 0. The molecule has 1 saturated heterocycles. The highest BCUT2D eigenvalue weighted by Crippen LogP contribution is 2.19. The normalized spacial score (nSPS) is 19.2. The van der Waals surface area contributed by atoms with E-state index in [1.807, 2.05) is 6.92 Å². The molecule has 1 aromatic carbocycles. The van der Waals surface area contributed by atoms with Crippen LogP contribution in [0, 0.1) is 6.92 Å². The number of hydrogen-bond acceptors (Lipinski definition) is 4. The number of nitrogens with zero attached hydrogens (tertiary/aromatic N) is 1. The maximum absolute atomic E-state index is 12.7. The summed E-state index contributed by atoms with van der Waals surface area (Å²) in [6.45, 7) is 5.40. The summed E-state index contributed by atoms with van der Waals surface area (Å²) in [4.78, 5) is 14.5. The lowest BCUT2D eigenvalue weighted by Gasteiger charge is -2.33. The van der Waals surface area contributed by atoms with Gasteiger partial charge in [-0.3, -0.25) is 4.79 Å². The van der Waals surface area contributed by atoms with E-state index in [9.17, 15) is 13.2 Å². The number of carbonyl (C=O) groups excluding carboxylic acids is 1. The third-order valence-electron chi connectivity index (χ3n) is 3.90. The summed E-state index contributed by atoms with van der Waals surface area (Å²) in [6.07, 6.45) is 0.888. The van der Waals surface area contributed by atoms with E-state index in [-0.39, 0.29) is 16.9 Å². The van der Waals surface area contributed by atoms with Gasteiger partial charge in [-0.2, -0.15) is 0 Å². The average Bonchev–Trinajstić information content (AvgIpc) is 2.54. The van der Waals surface area contributed by atoms with Crippen LogP contribution in [0.4, 0.5) is 0 Å². The van der Waals surface area contributed by atoms with Crippen molar-refractivity contribution in [1.29, 1.82) is 0 Å². The van der Waals surface area contributed by atoms with Crippen molar-refractivity contribution < 1.29 is 17.9 Å². The number of morpholine rings is 1. The molecule has 0 aliphatic carbocycles. The van der Waals surface area contributed by atoms with Gasteiger partial charge in [0.2, 0.25) is 10.0 Å². The summed E-state index contributed by atoms with van der Waals surface area (Å²) in [5.74, 6) is -0.146. The number of carbonyl (C=O) groups is 1. The first-order valence-electron chi connectivity index (χ1n) is 7.34. The fourth-order valence-electron chi connectivity index (χ4n) is 2.44. The largest absolute Gasteiger partial charge is 0.375 e. The summed E-state index contributed by atoms with van der Waals surface area (Å²) in [6, 6.07) is 4.61. The van der Waals surface area contributed by atoms with Crippen molar-refractivity contribution in [2.75, 3.05) is 26.7 Å². The number of hydrogen-bond donors (Lipinski definition) is 1. The van der Waals surface area contributed by atoms with Crippen molar-refractivity contribution in [1.82, 2.24) is 9.62 Å². The molecule has 0 saturated carbocycles. The Kier molecular flexibility index (Phi) is 5.20. The van der Waals surface area contributed by atoms with Gasteiger partial charge in [0.25, 0.3) is 5.91 Å². The van der Waals surface area contributed by atoms with Crippen LogP contribution in [-0.2, 0) is 14.8 Å². The van der Waals surface area contributed by atoms with Crippen LogP contribution in [0.25, 0.3) is 0 Å². The molecule has 1 aliphatic heterocycles. The van der Waals surface area contributed by atoms with Crippen LogP contribution in [0.1, 0.15) is 29.3 Å². The van der Waals surface area contributed by atoms with Crippen LogP contribution >= 0.6 is 0 Å². The predicted molar refractivity (Wildman–Crippen MR) is 83.4 cm³/mol. The molecule has 0 spiro atoms. The molecular formula is C15H22N2O4S. The average molecular weight is 326 g/mol. The van der Waals surface area contributed by atoms with Crippen molar-refractivity contribution in [3.63, 3.8) is 0 Å². The Morgan fingerprint density at radius 1 is 1.45 bits per heavy atom. The second-order valence-corrected chi connectivity index (χ2v) is 7.22. The molecular weight excluding hydrogens is 304 g/mol. The number of amides is 1. The molecule has 1 N–H and O–H groups in total. The van der Waals surface area contributed by atoms with E-state index in [0.717, 1.165) is 12.0 Å². The maximum Gasteiger partial charge on any atom is 0.254 e. The Labute approximate surface area is 131 Å². The monoisotopic (exact) mass is 326 g/mol. The highest BCUT2D eigenvalue weighted by Gasteiger charge is 2.26. The van der Waals surface area contributed by atoms with E-state index in [2.05, 4.69) is 4.72 Å². The van der Waals surface area contributed by atoms with Gasteiger partial charge >= 0.3 is 0 Å². The summed E-state index contributed by atoms with van der Waals surface area (Å²) in [7, 11) is -2.21. The molecule has 0 radical (unpaired) electrons. The number of aryl methyl sites for hydroxylation is 1. The van der Waals surface area contributed by atoms with Gasteiger partial charge in [0.1, 0.15) is 0 Å². The molecule has 2 rings (SSSR count). The Bertz CT molecular complexity index is 658. The van der Waals surface area contributed by atoms with E-state index >= 15 is 0 Å². The van der Waals surface area contributed by atoms with Crippen LogP contribution in [0.5, 0.6) is 0 Å². The molecule has 7 heteroatoms. The Morgan fingerprint density at radius 2 is 2.18 bits per heavy atom. The number of rotatable bonds is 4. The zero-order chi connectivity index (χ0) is 16.3. The van der Waals surface area contributed by atoms with E-state index in [1.54, 1.807) is 17.9 Å². The third-order valence-corrected chi connectivity index (χ3v) is 5.31. The van der Waals surface area contributed by atoms with Crippen LogP contribution in [0.3, 0.4) is 0 Å². The molecule has 1 amide bonds. The Morgan fingerprint density at radius 3 is 2.82 bits per heavy atom. The molecule has 1 aromatic rings. The molecule has 1 atom stereocenters. The van der Waals surface area contributed by atoms with Crippen molar-refractivity contribution in [2.45, 2.75) is 31.3 Å². The van der Waals surface area contributed by atoms with Gasteiger partial charge in [0.05, 0.1) is 17.6 Å². The molecule has 1 fully saturated rings. The summed E-state index contributed by atoms with van der Waals surface area (Å²) < 4.78 is 31.6. The lowest BCUT2D eigenvalue weighted by atomic mass is 10.1. The van der Waals surface area contributed by atoms with Gasteiger partial charge in [0.15, 0.2) is 0 Å². The number of sulfonamides is 1. The van der Waals surface area contributed by atoms with Crippen LogP contribution < -0.4 is 4.72 Å². The smallest absolute Gasteiger partial charge is 0.254 e.